The summed E-state index contributed by atoms with van der Waals surface area (Å²) in [7, 11) is 4.60. The van der Waals surface area contributed by atoms with Gasteiger partial charge in [-0.05, 0) is 49.7 Å². The highest BCUT2D eigenvalue weighted by molar-refractivity contribution is 7.93. The standard InChI is InChI=1S/C25H26Cl2N6O4S/c1-14-12-28-23(29-13-14)22(37-5)15(2)38(34)32-25-31-30-24(16-9-10-17(26)18(27)11-16)33(25)21-19(35-3)7-6-8-20(21)36-4/h6-13,15,22H,1-5H3,(H,31,32). The zero-order valence-electron chi connectivity index (χ0n) is 21.3. The number of methoxy groups -OCH3 is 3. The first-order chi connectivity index (χ1) is 18.3. The van der Waals surface area contributed by atoms with E-state index in [4.69, 9.17) is 37.4 Å². The molecule has 200 valence electrons. The van der Waals surface area contributed by atoms with Crippen molar-refractivity contribution < 1.29 is 18.8 Å². The summed E-state index contributed by atoms with van der Waals surface area (Å²) in [6.45, 7) is 3.66. The molecule has 2 heterocycles. The van der Waals surface area contributed by atoms with Crippen molar-refractivity contribution in [1.29, 1.82) is 0 Å². The number of para-hydroxylation sites is 1. The Morgan fingerprint density at radius 3 is 2.21 bits per heavy atom. The molecule has 0 aliphatic heterocycles. The smallest absolute Gasteiger partial charge is 0.271 e. The van der Waals surface area contributed by atoms with Gasteiger partial charge in [0.15, 0.2) is 23.0 Å². The molecule has 4 aromatic rings. The van der Waals surface area contributed by atoms with Gasteiger partial charge in [-0.25, -0.2) is 9.97 Å². The second-order valence-corrected chi connectivity index (χ2v) is 10.6. The summed E-state index contributed by atoms with van der Waals surface area (Å²) in [5.74, 6) is 1.96. The van der Waals surface area contributed by atoms with E-state index in [0.717, 1.165) is 5.56 Å². The van der Waals surface area contributed by atoms with Crippen molar-refractivity contribution in [2.45, 2.75) is 25.2 Å². The third kappa shape index (κ3) is 5.67. The van der Waals surface area contributed by atoms with E-state index < -0.39 is 22.7 Å². The number of ether oxygens (including phenoxy) is 3. The lowest BCUT2D eigenvalue weighted by Crippen LogP contribution is -2.33. The van der Waals surface area contributed by atoms with Crippen molar-refractivity contribution in [3.05, 3.63) is 70.2 Å². The number of benzene rings is 2. The van der Waals surface area contributed by atoms with Gasteiger partial charge in [-0.15, -0.1) is 10.2 Å². The summed E-state index contributed by atoms with van der Waals surface area (Å²) >= 11 is 10.7. The highest BCUT2D eigenvalue weighted by atomic mass is 35.5. The third-order valence-corrected chi connectivity index (χ3v) is 7.78. The molecule has 2 aromatic carbocycles. The van der Waals surface area contributed by atoms with Crippen molar-refractivity contribution in [2.24, 2.45) is 0 Å². The summed E-state index contributed by atoms with van der Waals surface area (Å²) in [5, 5.41) is 8.86. The minimum Gasteiger partial charge on any atom is -0.593 e. The lowest BCUT2D eigenvalue weighted by Gasteiger charge is -2.24. The summed E-state index contributed by atoms with van der Waals surface area (Å²) in [5.41, 5.74) is 2.03. The topological polar surface area (TPSA) is 119 Å². The first-order valence-corrected chi connectivity index (χ1v) is 13.4. The second kappa shape index (κ2) is 12.2. The monoisotopic (exact) mass is 576 g/mol. The van der Waals surface area contributed by atoms with Gasteiger partial charge >= 0.3 is 0 Å². The Bertz CT molecular complexity index is 1380. The van der Waals surface area contributed by atoms with Gasteiger partial charge in [0, 0.05) is 25.1 Å². The van der Waals surface area contributed by atoms with Crippen LogP contribution in [0.5, 0.6) is 11.5 Å². The summed E-state index contributed by atoms with van der Waals surface area (Å²) in [6, 6.07) is 10.4. The quantitative estimate of drug-likeness (QED) is 0.253. The van der Waals surface area contributed by atoms with Crippen LogP contribution in [-0.4, -0.2) is 55.9 Å². The molecule has 0 aliphatic rings. The molecular weight excluding hydrogens is 551 g/mol. The average Bonchev–Trinajstić information content (AvgIpc) is 3.33. The molecule has 2 aromatic heterocycles. The van der Waals surface area contributed by atoms with Crippen LogP contribution in [0.4, 0.5) is 5.95 Å². The van der Waals surface area contributed by atoms with Crippen LogP contribution in [0, 0.1) is 6.92 Å². The van der Waals surface area contributed by atoms with E-state index in [-0.39, 0.29) is 5.95 Å². The van der Waals surface area contributed by atoms with Crippen LogP contribution in [0.1, 0.15) is 24.4 Å². The van der Waals surface area contributed by atoms with Crippen molar-refractivity contribution >= 4 is 40.5 Å². The average molecular weight is 577 g/mol. The molecule has 0 aliphatic carbocycles. The second-order valence-electron chi connectivity index (χ2n) is 8.20. The largest absolute Gasteiger partial charge is 0.593 e. The maximum atomic E-state index is 13.6. The lowest BCUT2D eigenvalue weighted by molar-refractivity contribution is 0.0949. The molecule has 3 atom stereocenters. The number of halogens is 2. The molecule has 0 bridgehead atoms. The number of aromatic nitrogens is 5. The Balaban J connectivity index is 1.79. The highest BCUT2D eigenvalue weighted by Crippen LogP contribution is 2.39. The molecule has 10 nitrogen and oxygen atoms in total. The van der Waals surface area contributed by atoms with Crippen LogP contribution in [0.3, 0.4) is 0 Å². The number of hydrogen-bond donors (Lipinski definition) is 1. The number of rotatable bonds is 10. The van der Waals surface area contributed by atoms with Crippen LogP contribution in [0.2, 0.25) is 10.0 Å². The predicted molar refractivity (Wildman–Crippen MR) is 148 cm³/mol. The maximum absolute atomic E-state index is 13.6. The first kappa shape index (κ1) is 27.9. The first-order valence-electron chi connectivity index (χ1n) is 11.4. The van der Waals surface area contributed by atoms with Gasteiger partial charge in [0.25, 0.3) is 5.95 Å². The minimum atomic E-state index is -1.71. The fourth-order valence-corrected chi connectivity index (χ4v) is 5.04. The lowest BCUT2D eigenvalue weighted by atomic mass is 10.2. The normalized spacial score (nSPS) is 13.6. The van der Waals surface area contributed by atoms with Gasteiger partial charge in [-0.1, -0.05) is 29.3 Å². The van der Waals surface area contributed by atoms with Crippen LogP contribution in [0.25, 0.3) is 17.1 Å². The van der Waals surface area contributed by atoms with E-state index in [1.807, 2.05) is 6.92 Å². The SMILES string of the molecule is COc1cccc(OC)c1-n1c(N[S+]([O-])C(C)C(OC)c2ncc(C)cn2)nnc1-c1ccc(Cl)c(Cl)c1. The van der Waals surface area contributed by atoms with E-state index in [1.54, 1.807) is 74.5 Å². The molecule has 3 unspecified atom stereocenters. The van der Waals surface area contributed by atoms with Gasteiger partial charge in [0.05, 0.1) is 35.6 Å². The van der Waals surface area contributed by atoms with Gasteiger partial charge in [0.1, 0.15) is 17.2 Å². The van der Waals surface area contributed by atoms with Gasteiger partial charge in [-0.2, -0.15) is 4.72 Å². The zero-order chi connectivity index (χ0) is 27.4. The molecule has 4 rings (SSSR count). The Labute approximate surface area is 233 Å². The Morgan fingerprint density at radius 1 is 0.974 bits per heavy atom. The number of nitrogens with zero attached hydrogens (tertiary/aromatic N) is 5. The van der Waals surface area contributed by atoms with Gasteiger partial charge in [-0.3, -0.25) is 4.57 Å². The summed E-state index contributed by atoms with van der Waals surface area (Å²) < 4.78 is 35.1. The van der Waals surface area contributed by atoms with Crippen LogP contribution in [0.15, 0.2) is 48.8 Å². The fraction of sp³-hybridized carbons (Fsp3) is 0.280. The Kier molecular flexibility index (Phi) is 8.95. The Hall–Kier alpha value is -3.09. The summed E-state index contributed by atoms with van der Waals surface area (Å²) in [6.07, 6.45) is 2.73. The molecule has 0 fully saturated rings. The van der Waals surface area contributed by atoms with Crippen LogP contribution >= 0.6 is 23.2 Å². The molecule has 0 spiro atoms. The highest BCUT2D eigenvalue weighted by Gasteiger charge is 2.34. The molecule has 0 saturated carbocycles. The molecule has 1 N–H and O–H groups in total. The van der Waals surface area contributed by atoms with Crippen LogP contribution < -0.4 is 14.2 Å². The fourth-order valence-electron chi connectivity index (χ4n) is 3.79. The number of hydrogen-bond acceptors (Lipinski definition) is 9. The number of anilines is 1. The van der Waals surface area contributed by atoms with E-state index in [9.17, 15) is 4.55 Å². The number of nitrogens with one attached hydrogen (secondary N) is 1. The van der Waals surface area contributed by atoms with Crippen molar-refractivity contribution in [3.63, 3.8) is 0 Å². The van der Waals surface area contributed by atoms with Gasteiger partial charge < -0.3 is 18.8 Å². The van der Waals surface area contributed by atoms with Crippen molar-refractivity contribution in [1.82, 2.24) is 24.7 Å². The number of aryl methyl sites for hydroxylation is 1. The Morgan fingerprint density at radius 2 is 1.63 bits per heavy atom. The van der Waals surface area contributed by atoms with E-state index in [0.29, 0.717) is 44.4 Å². The van der Waals surface area contributed by atoms with E-state index >= 15 is 0 Å². The zero-order valence-corrected chi connectivity index (χ0v) is 23.6. The maximum Gasteiger partial charge on any atom is 0.271 e. The predicted octanol–water partition coefficient (Wildman–Crippen LogP) is 5.21. The van der Waals surface area contributed by atoms with E-state index in [2.05, 4.69) is 24.9 Å². The molecule has 13 heteroatoms. The molecule has 38 heavy (non-hydrogen) atoms. The molecule has 0 saturated heterocycles. The molecule has 0 radical (unpaired) electrons. The van der Waals surface area contributed by atoms with Crippen LogP contribution in [-0.2, 0) is 16.1 Å². The minimum absolute atomic E-state index is 0.179. The summed E-state index contributed by atoms with van der Waals surface area (Å²) in [4.78, 5) is 8.68. The molecular formula is C25H26Cl2N6O4S. The van der Waals surface area contributed by atoms with E-state index in [1.165, 1.54) is 7.11 Å². The van der Waals surface area contributed by atoms with Gasteiger partial charge in [0.2, 0.25) is 0 Å². The molecule has 0 amide bonds. The third-order valence-electron chi connectivity index (χ3n) is 5.73. The van der Waals surface area contributed by atoms with Crippen molar-refractivity contribution in [3.8, 4) is 28.6 Å². The van der Waals surface area contributed by atoms with Crippen molar-refractivity contribution in [2.75, 3.05) is 26.1 Å².